The number of aryl methyl sites for hydroxylation is 2. The Morgan fingerprint density at radius 3 is 2.67 bits per heavy atom. The smallest absolute Gasteiger partial charge is 0.326 e. The zero-order valence-electron chi connectivity index (χ0n) is 16.1. The third-order valence-electron chi connectivity index (χ3n) is 5.37. The van der Waals surface area contributed by atoms with Crippen LogP contribution in [0.2, 0.25) is 0 Å². The molecule has 0 unspecified atom stereocenters. The Labute approximate surface area is 163 Å². The fourth-order valence-electron chi connectivity index (χ4n) is 4.13. The first-order valence-electron chi connectivity index (χ1n) is 9.98. The summed E-state index contributed by atoms with van der Waals surface area (Å²) in [6.45, 7) is 6.23. The van der Waals surface area contributed by atoms with Gasteiger partial charge in [-0.3, -0.25) is 19.1 Å². The molecule has 27 heavy (non-hydrogen) atoms. The minimum absolute atomic E-state index is 0.0618. The van der Waals surface area contributed by atoms with Crippen molar-refractivity contribution >= 4 is 27.5 Å². The molecule has 0 radical (unpaired) electrons. The lowest BCUT2D eigenvalue weighted by Crippen LogP contribution is -2.33. The topological polar surface area (TPSA) is 64.4 Å². The quantitative estimate of drug-likeness (QED) is 0.736. The van der Waals surface area contributed by atoms with Gasteiger partial charge in [0.05, 0.1) is 18.0 Å². The van der Waals surface area contributed by atoms with Gasteiger partial charge < -0.3 is 4.74 Å². The van der Waals surface area contributed by atoms with E-state index in [1.54, 1.807) is 15.9 Å². The molecule has 4 rings (SSSR count). The molecule has 1 fully saturated rings. The van der Waals surface area contributed by atoms with Crippen LogP contribution in [0.4, 0.5) is 0 Å². The van der Waals surface area contributed by atoms with Crippen LogP contribution in [0.5, 0.6) is 0 Å². The Kier molecular flexibility index (Phi) is 5.32. The lowest BCUT2D eigenvalue weighted by Gasteiger charge is -2.18. The number of ether oxygens (including phenoxy) is 1. The second-order valence-corrected chi connectivity index (χ2v) is 8.92. The van der Waals surface area contributed by atoms with Gasteiger partial charge in [-0.1, -0.05) is 0 Å². The van der Waals surface area contributed by atoms with Crippen LogP contribution >= 0.6 is 11.3 Å². The number of aromatic nitrogens is 2. The summed E-state index contributed by atoms with van der Waals surface area (Å²) in [5.74, 6) is 0.314. The van der Waals surface area contributed by atoms with Crippen LogP contribution in [0.1, 0.15) is 55.8 Å². The largest absolute Gasteiger partial charge is 0.462 e. The Morgan fingerprint density at radius 1 is 1.19 bits per heavy atom. The molecular weight excluding hydrogens is 362 g/mol. The fourth-order valence-corrected chi connectivity index (χ4v) is 5.40. The van der Waals surface area contributed by atoms with Crippen molar-refractivity contribution in [3.05, 3.63) is 26.6 Å². The molecule has 0 amide bonds. The maximum atomic E-state index is 13.4. The van der Waals surface area contributed by atoms with E-state index in [4.69, 9.17) is 9.72 Å². The molecule has 1 aliphatic heterocycles. The molecule has 7 heteroatoms. The summed E-state index contributed by atoms with van der Waals surface area (Å²) in [5.41, 5.74) is 1.09. The van der Waals surface area contributed by atoms with Crippen LogP contribution in [0.15, 0.2) is 4.79 Å². The van der Waals surface area contributed by atoms with E-state index in [2.05, 4.69) is 4.90 Å². The van der Waals surface area contributed by atoms with E-state index in [9.17, 15) is 9.59 Å². The number of likely N-dealkylation sites (tertiary alicyclic amines) is 1. The van der Waals surface area contributed by atoms with E-state index in [-0.39, 0.29) is 24.2 Å². The summed E-state index contributed by atoms with van der Waals surface area (Å²) in [5, 5.41) is 0.734. The summed E-state index contributed by atoms with van der Waals surface area (Å²) >= 11 is 1.67. The molecule has 0 spiro atoms. The third kappa shape index (κ3) is 3.80. The molecule has 6 nitrogen and oxygen atoms in total. The van der Waals surface area contributed by atoms with E-state index in [0.717, 1.165) is 48.1 Å². The predicted octanol–water partition coefficient (Wildman–Crippen LogP) is 2.88. The van der Waals surface area contributed by atoms with Crippen molar-refractivity contribution < 1.29 is 9.53 Å². The summed E-state index contributed by atoms with van der Waals surface area (Å²) < 4.78 is 6.87. The Balaban J connectivity index is 1.78. The Morgan fingerprint density at radius 2 is 1.93 bits per heavy atom. The van der Waals surface area contributed by atoms with Gasteiger partial charge in [-0.05, 0) is 71.0 Å². The molecule has 146 valence electrons. The van der Waals surface area contributed by atoms with Crippen molar-refractivity contribution in [1.29, 1.82) is 0 Å². The number of esters is 1. The van der Waals surface area contributed by atoms with Gasteiger partial charge in [-0.2, -0.15) is 0 Å². The number of hydrogen-bond acceptors (Lipinski definition) is 6. The minimum atomic E-state index is -0.375. The lowest BCUT2D eigenvalue weighted by atomic mass is 9.97. The predicted molar refractivity (Wildman–Crippen MR) is 106 cm³/mol. The monoisotopic (exact) mass is 389 g/mol. The number of carbonyl (C=O) groups excluding carboxylic acids is 1. The first-order valence-corrected chi connectivity index (χ1v) is 10.8. The van der Waals surface area contributed by atoms with Crippen molar-refractivity contribution in [2.45, 2.75) is 71.6 Å². The normalized spacial score (nSPS) is 17.6. The molecule has 1 saturated heterocycles. The van der Waals surface area contributed by atoms with Crippen molar-refractivity contribution in [3.63, 3.8) is 0 Å². The molecule has 2 aliphatic rings. The highest BCUT2D eigenvalue weighted by molar-refractivity contribution is 7.18. The Hall–Kier alpha value is -1.73. The van der Waals surface area contributed by atoms with E-state index < -0.39 is 0 Å². The van der Waals surface area contributed by atoms with Gasteiger partial charge >= 0.3 is 5.97 Å². The average Bonchev–Trinajstić information content (AvgIpc) is 3.24. The molecule has 3 heterocycles. The molecule has 0 N–H and O–H groups in total. The van der Waals surface area contributed by atoms with Crippen LogP contribution in [-0.2, 0) is 35.5 Å². The standard InChI is InChI=1S/C20H27N3O3S/c1-13(2)26-17(24)12-23-16(11-22-9-5-6-10-22)21-19-18(20(23)25)14-7-3-4-8-15(14)27-19/h13H,3-12H2,1-2H3. The molecular formula is C20H27N3O3S. The van der Waals surface area contributed by atoms with Crippen molar-refractivity contribution in [2.24, 2.45) is 0 Å². The number of nitrogens with zero attached hydrogens (tertiary/aromatic N) is 3. The van der Waals surface area contributed by atoms with Gasteiger partial charge in [0.25, 0.3) is 5.56 Å². The average molecular weight is 390 g/mol. The summed E-state index contributed by atoms with van der Waals surface area (Å²) in [7, 11) is 0. The van der Waals surface area contributed by atoms with Crippen LogP contribution in [-0.4, -0.2) is 39.6 Å². The van der Waals surface area contributed by atoms with Gasteiger partial charge in [-0.25, -0.2) is 4.98 Å². The molecule has 0 aromatic carbocycles. The highest BCUT2D eigenvalue weighted by atomic mass is 32.1. The first-order chi connectivity index (χ1) is 13.0. The van der Waals surface area contributed by atoms with Gasteiger partial charge in [0.15, 0.2) is 0 Å². The van der Waals surface area contributed by atoms with Gasteiger partial charge in [0, 0.05) is 4.88 Å². The number of hydrogen-bond donors (Lipinski definition) is 0. The SMILES string of the molecule is CC(C)OC(=O)Cn1c(CN2CCCC2)nc2sc3c(c2c1=O)CCCC3. The lowest BCUT2D eigenvalue weighted by molar-refractivity contribution is -0.148. The summed E-state index contributed by atoms with van der Waals surface area (Å²) in [6, 6.07) is 0. The van der Waals surface area contributed by atoms with E-state index >= 15 is 0 Å². The van der Waals surface area contributed by atoms with Gasteiger partial charge in [0.1, 0.15) is 17.2 Å². The van der Waals surface area contributed by atoms with E-state index in [1.807, 2.05) is 13.8 Å². The molecule has 0 saturated carbocycles. The maximum absolute atomic E-state index is 13.4. The summed E-state index contributed by atoms with van der Waals surface area (Å²) in [6.07, 6.45) is 6.42. The van der Waals surface area contributed by atoms with Crippen LogP contribution < -0.4 is 5.56 Å². The van der Waals surface area contributed by atoms with Crippen LogP contribution in [0, 0.1) is 0 Å². The van der Waals surface area contributed by atoms with Crippen molar-refractivity contribution in [3.8, 4) is 0 Å². The molecule has 0 atom stereocenters. The van der Waals surface area contributed by atoms with Gasteiger partial charge in [-0.15, -0.1) is 11.3 Å². The molecule has 0 bridgehead atoms. The first kappa shape index (κ1) is 18.6. The van der Waals surface area contributed by atoms with Crippen molar-refractivity contribution in [2.75, 3.05) is 13.1 Å². The number of rotatable bonds is 5. The highest BCUT2D eigenvalue weighted by Gasteiger charge is 2.24. The number of thiophene rings is 1. The van der Waals surface area contributed by atoms with Gasteiger partial charge in [0.2, 0.25) is 0 Å². The fraction of sp³-hybridized carbons (Fsp3) is 0.650. The minimum Gasteiger partial charge on any atom is -0.462 e. The second-order valence-electron chi connectivity index (χ2n) is 7.83. The maximum Gasteiger partial charge on any atom is 0.326 e. The molecule has 2 aromatic rings. The van der Waals surface area contributed by atoms with E-state index in [1.165, 1.54) is 24.1 Å². The zero-order chi connectivity index (χ0) is 19.0. The van der Waals surface area contributed by atoms with E-state index in [0.29, 0.717) is 12.4 Å². The summed E-state index contributed by atoms with van der Waals surface area (Å²) in [4.78, 5) is 35.0. The molecule has 1 aliphatic carbocycles. The van der Waals surface area contributed by atoms with Crippen LogP contribution in [0.25, 0.3) is 10.2 Å². The number of carbonyl (C=O) groups is 1. The molecule has 2 aromatic heterocycles. The number of fused-ring (bicyclic) bond motifs is 3. The van der Waals surface area contributed by atoms with Crippen LogP contribution in [0.3, 0.4) is 0 Å². The third-order valence-corrected chi connectivity index (χ3v) is 6.56. The zero-order valence-corrected chi connectivity index (χ0v) is 16.9. The Bertz CT molecular complexity index is 909. The second kappa shape index (κ2) is 7.72. The van der Waals surface area contributed by atoms with Crippen molar-refractivity contribution in [1.82, 2.24) is 14.5 Å². The highest BCUT2D eigenvalue weighted by Crippen LogP contribution is 2.34.